The number of rotatable bonds is 5. The van der Waals surface area contributed by atoms with Crippen LogP contribution in [0.25, 0.3) is 11.1 Å². The molecule has 1 aliphatic carbocycles. The van der Waals surface area contributed by atoms with Gasteiger partial charge in [-0.25, -0.2) is 0 Å². The highest BCUT2D eigenvalue weighted by molar-refractivity contribution is 7.10. The molecule has 0 unspecified atom stereocenters. The summed E-state index contributed by atoms with van der Waals surface area (Å²) in [6.07, 6.45) is 4.06. The number of para-hydroxylation sites is 2. The Morgan fingerprint density at radius 2 is 2.04 bits per heavy atom. The third-order valence-corrected chi connectivity index (χ3v) is 6.97. The number of anilines is 1. The van der Waals surface area contributed by atoms with E-state index in [0.29, 0.717) is 11.9 Å². The molecule has 2 aromatic heterocycles. The van der Waals surface area contributed by atoms with Crippen LogP contribution in [-0.4, -0.2) is 30.5 Å². The summed E-state index contributed by atoms with van der Waals surface area (Å²) in [5.74, 6) is 0.736. The Kier molecular flexibility index (Phi) is 4.16. The van der Waals surface area contributed by atoms with E-state index in [-0.39, 0.29) is 11.3 Å². The van der Waals surface area contributed by atoms with Crippen LogP contribution in [0.2, 0.25) is 0 Å². The first-order valence-electron chi connectivity index (χ1n) is 9.67. The Morgan fingerprint density at radius 1 is 1.22 bits per heavy atom. The lowest BCUT2D eigenvalue weighted by molar-refractivity contribution is -0.123. The van der Waals surface area contributed by atoms with Crippen molar-refractivity contribution in [3.8, 4) is 0 Å². The fraction of sp³-hybridized carbons (Fsp3) is 0.429. The number of fused-ring (bicyclic) bond motifs is 1. The van der Waals surface area contributed by atoms with Crippen LogP contribution in [-0.2, 0) is 10.2 Å². The van der Waals surface area contributed by atoms with E-state index in [1.54, 1.807) is 11.3 Å². The molecule has 5 nitrogen and oxygen atoms in total. The molecule has 0 radical (unpaired) electrons. The minimum Gasteiger partial charge on any atom is -0.423 e. The molecule has 1 aromatic carbocycles. The monoisotopic (exact) mass is 381 g/mol. The van der Waals surface area contributed by atoms with Gasteiger partial charge in [-0.2, -0.15) is 4.98 Å². The van der Waals surface area contributed by atoms with E-state index in [2.05, 4.69) is 26.6 Å². The van der Waals surface area contributed by atoms with Crippen LogP contribution in [0.3, 0.4) is 0 Å². The van der Waals surface area contributed by atoms with Gasteiger partial charge in [-0.15, -0.1) is 11.3 Å². The molecule has 1 N–H and O–H groups in total. The first kappa shape index (κ1) is 16.8. The number of amides is 1. The maximum absolute atomic E-state index is 12.7. The predicted molar refractivity (Wildman–Crippen MR) is 107 cm³/mol. The number of thiophene rings is 1. The van der Waals surface area contributed by atoms with E-state index < -0.39 is 0 Å². The van der Waals surface area contributed by atoms with Gasteiger partial charge >= 0.3 is 0 Å². The zero-order valence-corrected chi connectivity index (χ0v) is 16.0. The van der Waals surface area contributed by atoms with Crippen LogP contribution in [0.4, 0.5) is 6.01 Å². The van der Waals surface area contributed by atoms with Gasteiger partial charge in [0.15, 0.2) is 5.58 Å². The molecule has 2 aliphatic rings. The Balaban J connectivity index is 1.15. The largest absolute Gasteiger partial charge is 0.423 e. The fourth-order valence-electron chi connectivity index (χ4n) is 3.99. The summed E-state index contributed by atoms with van der Waals surface area (Å²) in [6.45, 7) is 2.61. The van der Waals surface area contributed by atoms with Crippen molar-refractivity contribution in [3.63, 3.8) is 0 Å². The summed E-state index contributed by atoms with van der Waals surface area (Å²) in [5, 5.41) is 5.29. The molecule has 5 rings (SSSR count). The van der Waals surface area contributed by atoms with Crippen molar-refractivity contribution in [2.24, 2.45) is 5.92 Å². The maximum Gasteiger partial charge on any atom is 0.298 e. The van der Waals surface area contributed by atoms with Gasteiger partial charge in [0.05, 0.1) is 5.41 Å². The Morgan fingerprint density at radius 3 is 2.74 bits per heavy atom. The first-order valence-corrected chi connectivity index (χ1v) is 10.6. The zero-order valence-electron chi connectivity index (χ0n) is 15.2. The lowest BCUT2D eigenvalue weighted by Crippen LogP contribution is -2.41. The quantitative estimate of drug-likeness (QED) is 0.727. The van der Waals surface area contributed by atoms with Crippen molar-refractivity contribution < 1.29 is 9.21 Å². The molecule has 1 aliphatic heterocycles. The summed E-state index contributed by atoms with van der Waals surface area (Å²) in [7, 11) is 0. The number of carbonyl (C=O) groups is 1. The minimum atomic E-state index is -0.229. The number of nitrogens with zero attached hydrogens (tertiary/aromatic N) is 2. The van der Waals surface area contributed by atoms with E-state index in [4.69, 9.17) is 4.42 Å². The van der Waals surface area contributed by atoms with Gasteiger partial charge in [-0.3, -0.25) is 4.79 Å². The molecule has 0 atom stereocenters. The topological polar surface area (TPSA) is 58.4 Å². The number of benzene rings is 1. The second kappa shape index (κ2) is 6.68. The van der Waals surface area contributed by atoms with E-state index in [1.807, 2.05) is 30.3 Å². The third kappa shape index (κ3) is 3.12. The van der Waals surface area contributed by atoms with E-state index >= 15 is 0 Å². The summed E-state index contributed by atoms with van der Waals surface area (Å²) >= 11 is 1.70. The van der Waals surface area contributed by atoms with Crippen LogP contribution in [0, 0.1) is 5.92 Å². The Labute approximate surface area is 162 Å². The van der Waals surface area contributed by atoms with Gasteiger partial charge in [0.1, 0.15) is 5.52 Å². The summed E-state index contributed by atoms with van der Waals surface area (Å²) in [6, 6.07) is 12.7. The molecular weight excluding hydrogens is 358 g/mol. The number of nitrogens with one attached hydrogen (secondary N) is 1. The molecule has 1 saturated carbocycles. The molecule has 3 aromatic rings. The standard InChI is InChI=1S/C21H23N3O2S/c25-19(21(9-10-21)18-6-3-13-27-18)22-14-15-7-11-24(12-8-15)20-23-16-4-1-2-5-17(16)26-20/h1-6,13,15H,7-12,14H2,(H,22,25). The lowest BCUT2D eigenvalue weighted by Gasteiger charge is -2.31. The molecule has 2 fully saturated rings. The molecule has 1 amide bonds. The normalized spacial score (nSPS) is 19.3. The van der Waals surface area contributed by atoms with Gasteiger partial charge in [0.25, 0.3) is 6.01 Å². The molecule has 1 saturated heterocycles. The van der Waals surface area contributed by atoms with Gasteiger partial charge in [0.2, 0.25) is 5.91 Å². The van der Waals surface area contributed by atoms with Crippen LogP contribution in [0.1, 0.15) is 30.6 Å². The number of carbonyl (C=O) groups excluding carboxylic acids is 1. The molecular formula is C21H23N3O2S. The molecule has 6 heteroatoms. The first-order chi connectivity index (χ1) is 13.2. The van der Waals surface area contributed by atoms with Crippen LogP contribution < -0.4 is 10.2 Å². The smallest absolute Gasteiger partial charge is 0.298 e. The molecule has 0 spiro atoms. The molecule has 0 bridgehead atoms. The van der Waals surface area contributed by atoms with Crippen molar-refractivity contribution in [1.82, 2.24) is 10.3 Å². The summed E-state index contributed by atoms with van der Waals surface area (Å²) < 4.78 is 5.88. The van der Waals surface area contributed by atoms with E-state index in [1.165, 1.54) is 4.88 Å². The SMILES string of the molecule is O=C(NCC1CCN(c2nc3ccccc3o2)CC1)C1(c2cccs2)CC1. The average molecular weight is 382 g/mol. The number of oxazole rings is 1. The number of hydrogen-bond donors (Lipinski definition) is 1. The van der Waals surface area contributed by atoms with E-state index in [9.17, 15) is 4.79 Å². The third-order valence-electron chi connectivity index (χ3n) is 5.90. The number of aromatic nitrogens is 1. The minimum absolute atomic E-state index is 0.214. The molecule has 3 heterocycles. The van der Waals surface area contributed by atoms with Crippen LogP contribution >= 0.6 is 11.3 Å². The van der Waals surface area contributed by atoms with Gasteiger partial charge in [-0.05, 0) is 55.2 Å². The second-order valence-corrected chi connectivity index (χ2v) is 8.61. The Bertz CT molecular complexity index is 904. The number of piperidine rings is 1. The Hall–Kier alpha value is -2.34. The van der Waals surface area contributed by atoms with Crippen LogP contribution in [0.5, 0.6) is 0 Å². The maximum atomic E-state index is 12.7. The van der Waals surface area contributed by atoms with Crippen molar-refractivity contribution in [3.05, 3.63) is 46.7 Å². The molecule has 27 heavy (non-hydrogen) atoms. The fourth-order valence-corrected chi connectivity index (χ4v) is 4.97. The highest BCUT2D eigenvalue weighted by Gasteiger charge is 2.52. The van der Waals surface area contributed by atoms with Crippen LogP contribution in [0.15, 0.2) is 46.2 Å². The predicted octanol–water partition coefficient (Wildman–Crippen LogP) is 3.95. The summed E-state index contributed by atoms with van der Waals surface area (Å²) in [4.78, 5) is 20.7. The highest BCUT2D eigenvalue weighted by Crippen LogP contribution is 2.50. The van der Waals surface area contributed by atoms with Crippen molar-refractivity contribution in [2.45, 2.75) is 31.1 Å². The second-order valence-electron chi connectivity index (χ2n) is 7.66. The molecule has 140 valence electrons. The van der Waals surface area contributed by atoms with Crippen molar-refractivity contribution >= 4 is 34.4 Å². The van der Waals surface area contributed by atoms with Gasteiger partial charge in [-0.1, -0.05) is 18.2 Å². The number of hydrogen-bond acceptors (Lipinski definition) is 5. The average Bonchev–Trinajstić information content (AvgIpc) is 3.14. The zero-order chi connectivity index (χ0) is 18.3. The van der Waals surface area contributed by atoms with Crippen molar-refractivity contribution in [1.29, 1.82) is 0 Å². The van der Waals surface area contributed by atoms with Gasteiger partial charge < -0.3 is 14.6 Å². The van der Waals surface area contributed by atoms with E-state index in [0.717, 1.165) is 56.4 Å². The summed E-state index contributed by atoms with van der Waals surface area (Å²) in [5.41, 5.74) is 1.52. The van der Waals surface area contributed by atoms with Crippen molar-refractivity contribution in [2.75, 3.05) is 24.5 Å². The highest BCUT2D eigenvalue weighted by atomic mass is 32.1. The van der Waals surface area contributed by atoms with Gasteiger partial charge in [0, 0.05) is 24.5 Å². The lowest BCUT2D eigenvalue weighted by atomic mass is 9.96.